The zero-order chi connectivity index (χ0) is 15.6. The lowest BCUT2D eigenvalue weighted by atomic mass is 9.83. The fourth-order valence-corrected chi connectivity index (χ4v) is 3.67. The minimum Gasteiger partial charge on any atom is -0.378 e. The Kier molecular flexibility index (Phi) is 4.54. The van der Waals surface area contributed by atoms with Crippen LogP contribution in [-0.2, 0) is 16.5 Å². The van der Waals surface area contributed by atoms with Crippen molar-refractivity contribution in [3.05, 3.63) is 24.0 Å². The lowest BCUT2D eigenvalue weighted by Gasteiger charge is -2.46. The van der Waals surface area contributed by atoms with E-state index < -0.39 is 0 Å². The fourth-order valence-electron chi connectivity index (χ4n) is 3.67. The summed E-state index contributed by atoms with van der Waals surface area (Å²) in [5.74, 6) is 0.125. The first-order valence-corrected chi connectivity index (χ1v) is 8.30. The molecule has 1 aromatic rings. The molecule has 2 fully saturated rings. The molecule has 1 unspecified atom stereocenters. The minimum absolute atomic E-state index is 0.0803. The summed E-state index contributed by atoms with van der Waals surface area (Å²) in [5.41, 5.74) is 0.677. The predicted octanol–water partition coefficient (Wildman–Crippen LogP) is 2.22. The highest BCUT2D eigenvalue weighted by Gasteiger charge is 2.41. The second kappa shape index (κ2) is 6.42. The quantitative estimate of drug-likeness (QED) is 0.860. The molecule has 3 heterocycles. The highest BCUT2D eigenvalue weighted by molar-refractivity contribution is 5.92. The molecule has 0 bridgehead atoms. The van der Waals surface area contributed by atoms with Gasteiger partial charge in [0.25, 0.3) is 5.91 Å². The lowest BCUT2D eigenvalue weighted by molar-refractivity contribution is -0.151. The predicted molar refractivity (Wildman–Crippen MR) is 83.9 cm³/mol. The molecule has 22 heavy (non-hydrogen) atoms. The van der Waals surface area contributed by atoms with Crippen molar-refractivity contribution in [2.75, 3.05) is 26.3 Å². The molecule has 1 amide bonds. The van der Waals surface area contributed by atoms with E-state index in [4.69, 9.17) is 9.47 Å². The summed E-state index contributed by atoms with van der Waals surface area (Å²) in [5, 5.41) is 0. The third kappa shape index (κ3) is 3.06. The fraction of sp³-hybridized carbons (Fsp3) is 0.706. The van der Waals surface area contributed by atoms with Gasteiger partial charge in [-0.25, -0.2) is 0 Å². The van der Waals surface area contributed by atoms with Gasteiger partial charge in [-0.2, -0.15) is 0 Å². The molecule has 2 saturated heterocycles. The first kappa shape index (κ1) is 15.6. The summed E-state index contributed by atoms with van der Waals surface area (Å²) in [4.78, 5) is 14.5. The van der Waals surface area contributed by atoms with Crippen LogP contribution in [0.25, 0.3) is 0 Å². The number of carbonyl (C=O) groups is 1. The van der Waals surface area contributed by atoms with E-state index >= 15 is 0 Å². The summed E-state index contributed by atoms with van der Waals surface area (Å²) >= 11 is 0. The Morgan fingerprint density at radius 3 is 2.86 bits per heavy atom. The molecule has 5 nitrogen and oxygen atoms in total. The average Bonchev–Trinajstić information content (AvgIpc) is 2.94. The van der Waals surface area contributed by atoms with Crippen LogP contribution in [0.15, 0.2) is 18.3 Å². The number of aromatic nitrogens is 1. The molecular formula is C17H26N2O3. The SMILES string of the molecule is CCOC1CCOC2(CCN(C(=O)c3cccn3C)CC2)C1. The van der Waals surface area contributed by atoms with Crippen molar-refractivity contribution in [3.8, 4) is 0 Å². The normalized spacial score (nSPS) is 24.6. The maximum atomic E-state index is 12.6. The lowest BCUT2D eigenvalue weighted by Crippen LogP contribution is -2.52. The number of carbonyl (C=O) groups excluding carboxylic acids is 1. The van der Waals surface area contributed by atoms with Crippen LogP contribution >= 0.6 is 0 Å². The maximum absolute atomic E-state index is 12.6. The molecular weight excluding hydrogens is 280 g/mol. The molecule has 1 atom stereocenters. The number of aryl methyl sites for hydroxylation is 1. The van der Waals surface area contributed by atoms with E-state index in [1.807, 2.05) is 41.8 Å². The van der Waals surface area contributed by atoms with Crippen LogP contribution in [0.2, 0.25) is 0 Å². The van der Waals surface area contributed by atoms with Crippen molar-refractivity contribution in [2.24, 2.45) is 7.05 Å². The summed E-state index contributed by atoms with van der Waals surface area (Å²) in [6.07, 6.45) is 6.00. The number of nitrogens with zero attached hydrogens (tertiary/aromatic N) is 2. The van der Waals surface area contributed by atoms with E-state index in [1.165, 1.54) is 0 Å². The van der Waals surface area contributed by atoms with E-state index in [0.29, 0.717) is 6.10 Å². The van der Waals surface area contributed by atoms with Crippen LogP contribution < -0.4 is 0 Å². The van der Waals surface area contributed by atoms with E-state index in [1.54, 1.807) is 0 Å². The van der Waals surface area contributed by atoms with Gasteiger partial charge in [0, 0.05) is 46.0 Å². The molecule has 3 rings (SSSR count). The third-order valence-corrected chi connectivity index (χ3v) is 4.97. The molecule has 0 aliphatic carbocycles. The Balaban J connectivity index is 1.60. The van der Waals surface area contributed by atoms with Crippen LogP contribution in [0.4, 0.5) is 0 Å². The van der Waals surface area contributed by atoms with Crippen molar-refractivity contribution in [3.63, 3.8) is 0 Å². The first-order chi connectivity index (χ1) is 10.6. The number of likely N-dealkylation sites (tertiary alicyclic amines) is 1. The van der Waals surface area contributed by atoms with Crippen molar-refractivity contribution in [2.45, 2.75) is 44.3 Å². The van der Waals surface area contributed by atoms with Crippen LogP contribution in [0.1, 0.15) is 43.1 Å². The van der Waals surface area contributed by atoms with Crippen LogP contribution in [0.3, 0.4) is 0 Å². The molecule has 2 aliphatic rings. The summed E-state index contributed by atoms with van der Waals surface area (Å²) in [6, 6.07) is 3.80. The van der Waals surface area contributed by atoms with E-state index in [2.05, 4.69) is 0 Å². The zero-order valence-electron chi connectivity index (χ0n) is 13.6. The summed E-state index contributed by atoms with van der Waals surface area (Å²) < 4.78 is 13.8. The number of hydrogen-bond donors (Lipinski definition) is 0. The Morgan fingerprint density at radius 1 is 1.45 bits per heavy atom. The van der Waals surface area contributed by atoms with Gasteiger partial charge < -0.3 is 18.9 Å². The van der Waals surface area contributed by atoms with Gasteiger partial charge in [0.1, 0.15) is 5.69 Å². The molecule has 0 N–H and O–H groups in total. The van der Waals surface area contributed by atoms with Crippen molar-refractivity contribution in [1.82, 2.24) is 9.47 Å². The number of piperidine rings is 1. The van der Waals surface area contributed by atoms with Gasteiger partial charge in [0.2, 0.25) is 0 Å². The van der Waals surface area contributed by atoms with Gasteiger partial charge in [-0.1, -0.05) is 0 Å². The standard InChI is InChI=1S/C17H26N2O3/c1-3-21-14-6-12-22-17(13-14)7-10-19(11-8-17)16(20)15-5-4-9-18(15)2/h4-5,9,14H,3,6-8,10-13H2,1-2H3. The average molecular weight is 306 g/mol. The third-order valence-electron chi connectivity index (χ3n) is 4.97. The largest absolute Gasteiger partial charge is 0.378 e. The van der Waals surface area contributed by atoms with Gasteiger partial charge in [-0.05, 0) is 38.3 Å². The second-order valence-corrected chi connectivity index (χ2v) is 6.40. The molecule has 0 radical (unpaired) electrons. The summed E-state index contributed by atoms with van der Waals surface area (Å²) in [6.45, 7) is 5.12. The number of ether oxygens (including phenoxy) is 2. The molecule has 122 valence electrons. The highest BCUT2D eigenvalue weighted by Crippen LogP contribution is 2.36. The minimum atomic E-state index is -0.0803. The van der Waals surface area contributed by atoms with Gasteiger partial charge in [-0.15, -0.1) is 0 Å². The van der Waals surface area contributed by atoms with Gasteiger partial charge in [-0.3, -0.25) is 4.79 Å². The van der Waals surface area contributed by atoms with Crippen LogP contribution in [0, 0.1) is 0 Å². The van der Waals surface area contributed by atoms with Gasteiger partial charge >= 0.3 is 0 Å². The summed E-state index contributed by atoms with van der Waals surface area (Å²) in [7, 11) is 1.91. The molecule has 2 aliphatic heterocycles. The monoisotopic (exact) mass is 306 g/mol. The van der Waals surface area contributed by atoms with Crippen molar-refractivity contribution >= 4 is 5.91 Å². The van der Waals surface area contributed by atoms with Crippen LogP contribution in [-0.4, -0.2) is 53.4 Å². The Labute approximate surface area is 132 Å². The Hall–Kier alpha value is -1.33. The molecule has 5 heteroatoms. The first-order valence-electron chi connectivity index (χ1n) is 8.30. The number of rotatable bonds is 3. The van der Waals surface area contributed by atoms with Crippen molar-refractivity contribution in [1.29, 1.82) is 0 Å². The molecule has 0 aromatic carbocycles. The number of hydrogen-bond acceptors (Lipinski definition) is 3. The van der Waals surface area contributed by atoms with E-state index in [0.717, 1.165) is 57.7 Å². The molecule has 0 saturated carbocycles. The number of amides is 1. The van der Waals surface area contributed by atoms with E-state index in [9.17, 15) is 4.79 Å². The van der Waals surface area contributed by atoms with Gasteiger partial charge in [0.05, 0.1) is 11.7 Å². The topological polar surface area (TPSA) is 43.7 Å². The Bertz CT molecular complexity index is 516. The van der Waals surface area contributed by atoms with E-state index in [-0.39, 0.29) is 11.5 Å². The van der Waals surface area contributed by atoms with Crippen molar-refractivity contribution < 1.29 is 14.3 Å². The smallest absolute Gasteiger partial charge is 0.270 e. The zero-order valence-corrected chi connectivity index (χ0v) is 13.6. The van der Waals surface area contributed by atoms with Crippen LogP contribution in [0.5, 0.6) is 0 Å². The highest BCUT2D eigenvalue weighted by atomic mass is 16.5. The molecule has 1 spiro atoms. The second-order valence-electron chi connectivity index (χ2n) is 6.40. The van der Waals surface area contributed by atoms with Gasteiger partial charge in [0.15, 0.2) is 0 Å². The maximum Gasteiger partial charge on any atom is 0.270 e. The Morgan fingerprint density at radius 2 is 2.23 bits per heavy atom. The molecule has 1 aromatic heterocycles.